The number of amides is 3. The molecule has 1 aromatic heterocycles. The zero-order valence-corrected chi connectivity index (χ0v) is 15.3. The lowest BCUT2D eigenvalue weighted by atomic mass is 10.1. The molecule has 2 heterocycles. The van der Waals surface area contributed by atoms with E-state index in [9.17, 15) is 9.59 Å². The van der Waals surface area contributed by atoms with Crippen molar-refractivity contribution in [3.8, 4) is 0 Å². The van der Waals surface area contributed by atoms with Gasteiger partial charge in [0.1, 0.15) is 11.8 Å². The van der Waals surface area contributed by atoms with Gasteiger partial charge in [-0.2, -0.15) is 0 Å². The molecule has 1 aliphatic heterocycles. The molecular formula is C17H28N4O3. The van der Waals surface area contributed by atoms with Crippen molar-refractivity contribution in [1.29, 1.82) is 0 Å². The maximum Gasteiger partial charge on any atom is 0.318 e. The molecule has 1 N–H and O–H groups in total. The average molecular weight is 336 g/mol. The first-order valence-electron chi connectivity index (χ1n) is 8.69. The van der Waals surface area contributed by atoms with Crippen LogP contribution in [0.1, 0.15) is 56.7 Å². The quantitative estimate of drug-likeness (QED) is 0.895. The fourth-order valence-electron chi connectivity index (χ4n) is 3.46. The minimum Gasteiger partial charge on any atom is -0.361 e. The van der Waals surface area contributed by atoms with Crippen LogP contribution in [0.3, 0.4) is 0 Å². The number of hydrogen-bond donors (Lipinski definition) is 1. The Morgan fingerprint density at radius 1 is 1.38 bits per heavy atom. The van der Waals surface area contributed by atoms with Crippen molar-refractivity contribution in [3.63, 3.8) is 0 Å². The second-order valence-corrected chi connectivity index (χ2v) is 6.27. The molecule has 2 rings (SSSR count). The number of likely N-dealkylation sites (N-methyl/N-ethyl adjacent to an activating group) is 1. The third kappa shape index (κ3) is 3.55. The summed E-state index contributed by atoms with van der Waals surface area (Å²) < 4.78 is 5.17. The number of rotatable bonds is 5. The topological polar surface area (TPSA) is 78.7 Å². The van der Waals surface area contributed by atoms with E-state index in [1.165, 1.54) is 0 Å². The molecule has 134 valence electrons. The number of aromatic nitrogens is 1. The predicted molar refractivity (Wildman–Crippen MR) is 90.6 cm³/mol. The van der Waals surface area contributed by atoms with Crippen LogP contribution in [-0.2, 0) is 4.79 Å². The van der Waals surface area contributed by atoms with E-state index in [0.29, 0.717) is 25.4 Å². The molecule has 3 amide bonds. The molecule has 1 aliphatic rings. The molecule has 0 bridgehead atoms. The largest absolute Gasteiger partial charge is 0.361 e. The Kier molecular flexibility index (Phi) is 5.85. The maximum absolute atomic E-state index is 12.7. The summed E-state index contributed by atoms with van der Waals surface area (Å²) in [5.41, 5.74) is 1.67. The van der Waals surface area contributed by atoms with E-state index in [2.05, 4.69) is 10.5 Å². The van der Waals surface area contributed by atoms with E-state index < -0.39 is 0 Å². The Labute approximate surface area is 143 Å². The van der Waals surface area contributed by atoms with Gasteiger partial charge in [0, 0.05) is 25.2 Å². The standard InChI is InChI=1S/C17H28N4O3/c1-6-20(7-2)16(22)14-9-8-10-21(14)17(23)18-11(3)15-12(4)19-24-13(15)5/h11,14H,6-10H2,1-5H3,(H,18,23)/t11-,14-/m1/s1. The van der Waals surface area contributed by atoms with Gasteiger partial charge in [-0.1, -0.05) is 5.16 Å². The molecule has 0 spiro atoms. The Morgan fingerprint density at radius 3 is 2.58 bits per heavy atom. The molecule has 7 nitrogen and oxygen atoms in total. The second kappa shape index (κ2) is 7.68. The summed E-state index contributed by atoms with van der Waals surface area (Å²) in [6, 6.07) is -0.777. The second-order valence-electron chi connectivity index (χ2n) is 6.27. The number of carbonyl (C=O) groups is 2. The fourth-order valence-corrected chi connectivity index (χ4v) is 3.46. The lowest BCUT2D eigenvalue weighted by Crippen LogP contribution is -2.51. The van der Waals surface area contributed by atoms with Gasteiger partial charge in [-0.15, -0.1) is 0 Å². The monoisotopic (exact) mass is 336 g/mol. The first kappa shape index (κ1) is 18.3. The SMILES string of the molecule is CCN(CC)C(=O)[C@H]1CCCN1C(=O)N[C@H](C)c1c(C)noc1C. The number of aryl methyl sites for hydroxylation is 2. The van der Waals surface area contributed by atoms with Gasteiger partial charge in [-0.25, -0.2) is 4.79 Å². The molecule has 24 heavy (non-hydrogen) atoms. The summed E-state index contributed by atoms with van der Waals surface area (Å²) in [6.45, 7) is 11.4. The van der Waals surface area contributed by atoms with Crippen molar-refractivity contribution in [2.45, 2.75) is 59.5 Å². The highest BCUT2D eigenvalue weighted by Crippen LogP contribution is 2.23. The summed E-state index contributed by atoms with van der Waals surface area (Å²) in [5, 5.41) is 6.91. The van der Waals surface area contributed by atoms with E-state index in [4.69, 9.17) is 4.52 Å². The number of hydrogen-bond acceptors (Lipinski definition) is 4. The van der Waals surface area contributed by atoms with Crippen LogP contribution < -0.4 is 5.32 Å². The number of nitrogens with zero attached hydrogens (tertiary/aromatic N) is 3. The Hall–Kier alpha value is -2.05. The molecule has 1 saturated heterocycles. The first-order valence-corrected chi connectivity index (χ1v) is 8.69. The molecule has 7 heteroatoms. The lowest BCUT2D eigenvalue weighted by molar-refractivity contribution is -0.134. The van der Waals surface area contributed by atoms with E-state index in [1.807, 2.05) is 34.6 Å². The number of urea groups is 1. The lowest BCUT2D eigenvalue weighted by Gasteiger charge is -2.30. The van der Waals surface area contributed by atoms with Crippen LogP contribution in [-0.4, -0.2) is 52.6 Å². The number of carbonyl (C=O) groups excluding carboxylic acids is 2. The molecule has 0 aliphatic carbocycles. The first-order chi connectivity index (χ1) is 11.4. The third-order valence-electron chi connectivity index (χ3n) is 4.74. The Bertz CT molecular complexity index is 575. The van der Waals surface area contributed by atoms with Crippen LogP contribution >= 0.6 is 0 Å². The molecular weight excluding hydrogens is 308 g/mol. The number of likely N-dealkylation sites (tertiary alicyclic amines) is 1. The van der Waals surface area contributed by atoms with Crippen molar-refractivity contribution in [1.82, 2.24) is 20.3 Å². The van der Waals surface area contributed by atoms with Crippen molar-refractivity contribution in [2.24, 2.45) is 0 Å². The van der Waals surface area contributed by atoms with Gasteiger partial charge in [0.25, 0.3) is 0 Å². The third-order valence-corrected chi connectivity index (χ3v) is 4.74. The van der Waals surface area contributed by atoms with Gasteiger partial charge in [-0.05, 0) is 47.5 Å². The van der Waals surface area contributed by atoms with Crippen LogP contribution in [0.4, 0.5) is 4.79 Å². The highest BCUT2D eigenvalue weighted by atomic mass is 16.5. The average Bonchev–Trinajstić information content (AvgIpc) is 3.15. The Morgan fingerprint density at radius 2 is 2.04 bits per heavy atom. The van der Waals surface area contributed by atoms with Gasteiger partial charge >= 0.3 is 6.03 Å². The van der Waals surface area contributed by atoms with Crippen molar-refractivity contribution < 1.29 is 14.1 Å². The maximum atomic E-state index is 12.7. The summed E-state index contributed by atoms with van der Waals surface area (Å²) in [6.07, 6.45) is 1.58. The van der Waals surface area contributed by atoms with Crippen molar-refractivity contribution in [2.75, 3.05) is 19.6 Å². The fraction of sp³-hybridized carbons (Fsp3) is 0.706. The van der Waals surface area contributed by atoms with Gasteiger partial charge in [0.2, 0.25) is 5.91 Å². The van der Waals surface area contributed by atoms with Crippen LogP contribution in [0.15, 0.2) is 4.52 Å². The molecule has 1 aromatic rings. The van der Waals surface area contributed by atoms with Crippen LogP contribution in [0.5, 0.6) is 0 Å². The van der Waals surface area contributed by atoms with Gasteiger partial charge in [0.05, 0.1) is 11.7 Å². The van der Waals surface area contributed by atoms with E-state index >= 15 is 0 Å². The Balaban J connectivity index is 2.07. The molecule has 0 unspecified atom stereocenters. The summed E-state index contributed by atoms with van der Waals surface area (Å²) in [5.74, 6) is 0.745. The molecule has 0 radical (unpaired) electrons. The molecule has 1 fully saturated rings. The van der Waals surface area contributed by atoms with Gasteiger partial charge < -0.3 is 19.6 Å². The van der Waals surface area contributed by atoms with E-state index in [-0.39, 0.29) is 24.0 Å². The molecule has 2 atom stereocenters. The predicted octanol–water partition coefficient (Wildman–Crippen LogP) is 2.39. The van der Waals surface area contributed by atoms with Gasteiger partial charge in [-0.3, -0.25) is 4.79 Å². The molecule has 0 aromatic carbocycles. The van der Waals surface area contributed by atoms with E-state index in [1.54, 1.807) is 9.80 Å². The van der Waals surface area contributed by atoms with Crippen LogP contribution in [0, 0.1) is 13.8 Å². The van der Waals surface area contributed by atoms with Gasteiger partial charge in [0.15, 0.2) is 0 Å². The van der Waals surface area contributed by atoms with Crippen LogP contribution in [0.2, 0.25) is 0 Å². The van der Waals surface area contributed by atoms with Crippen LogP contribution in [0.25, 0.3) is 0 Å². The smallest absolute Gasteiger partial charge is 0.318 e. The summed E-state index contributed by atoms with van der Waals surface area (Å²) in [4.78, 5) is 28.8. The highest BCUT2D eigenvalue weighted by Gasteiger charge is 2.36. The minimum atomic E-state index is -0.359. The zero-order valence-electron chi connectivity index (χ0n) is 15.3. The normalized spacial score (nSPS) is 18.5. The number of nitrogens with one attached hydrogen (secondary N) is 1. The molecule has 0 saturated carbocycles. The zero-order chi connectivity index (χ0) is 17.9. The van der Waals surface area contributed by atoms with Crippen molar-refractivity contribution in [3.05, 3.63) is 17.0 Å². The van der Waals surface area contributed by atoms with Crippen molar-refractivity contribution >= 4 is 11.9 Å². The minimum absolute atomic E-state index is 0.0395. The summed E-state index contributed by atoms with van der Waals surface area (Å²) >= 11 is 0. The van der Waals surface area contributed by atoms with E-state index in [0.717, 1.165) is 24.1 Å². The highest BCUT2D eigenvalue weighted by molar-refractivity contribution is 5.87. The summed E-state index contributed by atoms with van der Waals surface area (Å²) in [7, 11) is 0.